The summed E-state index contributed by atoms with van der Waals surface area (Å²) in [5.41, 5.74) is 1.59. The Morgan fingerprint density at radius 3 is 2.67 bits per heavy atom. The van der Waals surface area contributed by atoms with E-state index in [1.165, 1.54) is 12.1 Å². The highest BCUT2D eigenvalue weighted by atomic mass is 79.9. The van der Waals surface area contributed by atoms with Crippen molar-refractivity contribution in [1.82, 2.24) is 24.4 Å². The zero-order valence-electron chi connectivity index (χ0n) is 21.0. The van der Waals surface area contributed by atoms with Crippen molar-refractivity contribution in [3.05, 3.63) is 80.0 Å². The molecule has 0 bridgehead atoms. The van der Waals surface area contributed by atoms with E-state index >= 15 is 0 Å². The first-order chi connectivity index (χ1) is 19.1. The molecule has 2 aliphatic heterocycles. The van der Waals surface area contributed by atoms with Crippen LogP contribution in [0.2, 0.25) is 5.02 Å². The van der Waals surface area contributed by atoms with Gasteiger partial charge in [-0.25, -0.2) is 19.3 Å². The molecule has 1 saturated heterocycles. The summed E-state index contributed by atoms with van der Waals surface area (Å²) in [6, 6.07) is 8.83. The van der Waals surface area contributed by atoms with Crippen LogP contribution in [0.5, 0.6) is 5.88 Å². The fraction of sp³-hybridized carbons (Fsp3) is 0.370. The summed E-state index contributed by atoms with van der Waals surface area (Å²) in [7, 11) is 0. The van der Waals surface area contributed by atoms with Crippen molar-refractivity contribution >= 4 is 38.7 Å². The van der Waals surface area contributed by atoms with Gasteiger partial charge in [-0.3, -0.25) is 4.90 Å². The molecule has 0 unspecified atom stereocenters. The second kappa shape index (κ2) is 10.9. The number of hydrogen-bond donors (Lipinski definition) is 0. The molecule has 3 aromatic heterocycles. The van der Waals surface area contributed by atoms with Gasteiger partial charge in [0.2, 0.25) is 5.88 Å². The molecule has 6 rings (SSSR count). The minimum atomic E-state index is -4.68. The van der Waals surface area contributed by atoms with E-state index in [9.17, 15) is 17.6 Å². The Bertz CT molecular complexity index is 1580. The van der Waals surface area contributed by atoms with E-state index in [0.717, 1.165) is 36.5 Å². The smallest absolute Gasteiger partial charge is 0.421 e. The molecular weight excluding hydrogens is 618 g/mol. The molecule has 0 radical (unpaired) electrons. The molecule has 1 fully saturated rings. The molecule has 210 valence electrons. The molecular formula is C27H23BrClF4N5O2. The normalized spacial score (nSPS) is 17.6. The van der Waals surface area contributed by atoms with Crippen LogP contribution < -0.4 is 4.74 Å². The van der Waals surface area contributed by atoms with E-state index in [0.29, 0.717) is 54.1 Å². The molecule has 0 amide bonds. The molecule has 0 aliphatic carbocycles. The molecule has 40 heavy (non-hydrogen) atoms. The zero-order chi connectivity index (χ0) is 28.0. The van der Waals surface area contributed by atoms with Crippen LogP contribution in [0.15, 0.2) is 41.0 Å². The van der Waals surface area contributed by atoms with Gasteiger partial charge in [0, 0.05) is 30.3 Å². The van der Waals surface area contributed by atoms with Crippen LogP contribution in [0, 0.1) is 5.82 Å². The summed E-state index contributed by atoms with van der Waals surface area (Å²) < 4.78 is 69.8. The van der Waals surface area contributed by atoms with Gasteiger partial charge in [-0.05, 0) is 64.7 Å². The minimum Gasteiger partial charge on any atom is -0.472 e. The average molecular weight is 641 g/mol. The molecule has 13 heteroatoms. The number of halogens is 6. The molecule has 0 N–H and O–H groups in total. The van der Waals surface area contributed by atoms with Crippen molar-refractivity contribution in [2.45, 2.75) is 51.4 Å². The number of ether oxygens (including phenoxy) is 2. The highest BCUT2D eigenvalue weighted by molar-refractivity contribution is 9.10. The lowest BCUT2D eigenvalue weighted by molar-refractivity contribution is -0.139. The standard InChI is InChI=1S/C27H23BrClF4N5O2/c28-23-4-3-22-25(35-23)36-24(38(22)11-18-6-8-39-18)13-37-7-5-15-9-19(27(31,32)33)26(34-21(15)12-37)40-14-16-1-2-17(29)10-20(16)30/h1-4,9-10,18H,5-8,11-14H2/t18-/m0/s1. The maximum Gasteiger partial charge on any atom is 0.421 e. The molecule has 2 aliphatic rings. The number of rotatable bonds is 7. The predicted molar refractivity (Wildman–Crippen MR) is 142 cm³/mol. The maximum atomic E-state index is 14.2. The summed E-state index contributed by atoms with van der Waals surface area (Å²) in [5, 5.41) is 0.182. The number of benzene rings is 1. The fourth-order valence-electron chi connectivity index (χ4n) is 4.92. The average Bonchev–Trinajstić information content (AvgIpc) is 3.20. The summed E-state index contributed by atoms with van der Waals surface area (Å²) >= 11 is 9.18. The van der Waals surface area contributed by atoms with Crippen molar-refractivity contribution in [1.29, 1.82) is 0 Å². The van der Waals surface area contributed by atoms with Crippen molar-refractivity contribution in [3.8, 4) is 5.88 Å². The largest absolute Gasteiger partial charge is 0.472 e. The van der Waals surface area contributed by atoms with Gasteiger partial charge in [-0.15, -0.1) is 0 Å². The van der Waals surface area contributed by atoms with E-state index in [4.69, 9.17) is 26.1 Å². The van der Waals surface area contributed by atoms with Crippen LogP contribution >= 0.6 is 27.5 Å². The lowest BCUT2D eigenvalue weighted by Gasteiger charge is -2.30. The van der Waals surface area contributed by atoms with Gasteiger partial charge < -0.3 is 14.0 Å². The zero-order valence-corrected chi connectivity index (χ0v) is 23.4. The van der Waals surface area contributed by atoms with Crippen molar-refractivity contribution in [3.63, 3.8) is 0 Å². The van der Waals surface area contributed by atoms with Crippen LogP contribution in [-0.2, 0) is 43.6 Å². The Morgan fingerprint density at radius 2 is 1.95 bits per heavy atom. The molecule has 7 nitrogen and oxygen atoms in total. The van der Waals surface area contributed by atoms with E-state index in [2.05, 4.69) is 35.4 Å². The quantitative estimate of drug-likeness (QED) is 0.174. The Morgan fingerprint density at radius 1 is 1.12 bits per heavy atom. The molecule has 5 heterocycles. The third kappa shape index (κ3) is 5.67. The number of nitrogens with zero attached hydrogens (tertiary/aromatic N) is 5. The predicted octanol–water partition coefficient (Wildman–Crippen LogP) is 6.33. The Kier molecular flexibility index (Phi) is 7.45. The Labute approximate surface area is 240 Å². The van der Waals surface area contributed by atoms with E-state index in [-0.39, 0.29) is 16.7 Å². The topological polar surface area (TPSA) is 65.3 Å². The van der Waals surface area contributed by atoms with Crippen molar-refractivity contribution in [2.75, 3.05) is 13.2 Å². The van der Waals surface area contributed by atoms with Crippen molar-refractivity contribution < 1.29 is 27.0 Å². The Balaban J connectivity index is 1.26. The first kappa shape index (κ1) is 27.4. The van der Waals surface area contributed by atoms with Crippen LogP contribution in [0.3, 0.4) is 0 Å². The minimum absolute atomic E-state index is 0.0771. The third-order valence-electron chi connectivity index (χ3n) is 7.11. The number of fused-ring (bicyclic) bond motifs is 2. The number of alkyl halides is 3. The first-order valence-corrected chi connectivity index (χ1v) is 13.8. The van der Waals surface area contributed by atoms with Crippen LogP contribution in [-0.4, -0.2) is 43.7 Å². The SMILES string of the molecule is Fc1cc(Cl)ccc1COc1nc2c(cc1C(F)(F)F)CCN(Cc1nc3nc(Br)ccc3n1C[C@@H]1CCO1)C2. The van der Waals surface area contributed by atoms with Gasteiger partial charge in [0.1, 0.15) is 28.4 Å². The fourth-order valence-corrected chi connectivity index (χ4v) is 5.38. The van der Waals surface area contributed by atoms with Gasteiger partial charge >= 0.3 is 6.18 Å². The maximum absolute atomic E-state index is 14.2. The van der Waals surface area contributed by atoms with Gasteiger partial charge in [0.25, 0.3) is 0 Å². The van der Waals surface area contributed by atoms with E-state index < -0.39 is 30.0 Å². The Hall–Kier alpha value is -2.80. The summed E-state index contributed by atoms with van der Waals surface area (Å²) in [6.45, 7) is 2.25. The lowest BCUT2D eigenvalue weighted by atomic mass is 10.0. The second-order valence-corrected chi connectivity index (χ2v) is 11.1. The molecule has 0 spiro atoms. The number of hydrogen-bond acceptors (Lipinski definition) is 6. The third-order valence-corrected chi connectivity index (χ3v) is 7.79. The summed E-state index contributed by atoms with van der Waals surface area (Å²) in [4.78, 5) is 15.6. The van der Waals surface area contributed by atoms with Gasteiger partial charge in [-0.2, -0.15) is 13.2 Å². The molecule has 1 aromatic carbocycles. The number of imidazole rings is 1. The number of aromatic nitrogens is 4. The number of pyridine rings is 2. The monoisotopic (exact) mass is 639 g/mol. The van der Waals surface area contributed by atoms with Crippen LogP contribution in [0.1, 0.15) is 34.6 Å². The van der Waals surface area contributed by atoms with Gasteiger partial charge in [-0.1, -0.05) is 17.7 Å². The van der Waals surface area contributed by atoms with Crippen molar-refractivity contribution in [2.24, 2.45) is 0 Å². The molecule has 0 saturated carbocycles. The van der Waals surface area contributed by atoms with E-state index in [1.807, 2.05) is 12.1 Å². The first-order valence-electron chi connectivity index (χ1n) is 12.7. The second-order valence-electron chi connectivity index (χ2n) is 9.83. The highest BCUT2D eigenvalue weighted by Gasteiger charge is 2.37. The summed E-state index contributed by atoms with van der Waals surface area (Å²) in [6.07, 6.45) is -3.22. The summed E-state index contributed by atoms with van der Waals surface area (Å²) in [5.74, 6) is -0.450. The van der Waals surface area contributed by atoms with Gasteiger partial charge in [0.15, 0.2) is 5.65 Å². The van der Waals surface area contributed by atoms with E-state index in [1.54, 1.807) is 0 Å². The molecule has 1 atom stereocenters. The lowest BCUT2D eigenvalue weighted by Crippen LogP contribution is -2.34. The van der Waals surface area contributed by atoms with Crippen LogP contribution in [0.4, 0.5) is 17.6 Å². The van der Waals surface area contributed by atoms with Crippen LogP contribution in [0.25, 0.3) is 11.2 Å². The molecule has 4 aromatic rings. The highest BCUT2D eigenvalue weighted by Crippen LogP contribution is 2.38. The van der Waals surface area contributed by atoms with Gasteiger partial charge in [0.05, 0.1) is 30.4 Å².